The van der Waals surface area contributed by atoms with Crippen LogP contribution in [0.4, 0.5) is 0 Å². The molecule has 0 aliphatic rings. The molecule has 0 radical (unpaired) electrons. The van der Waals surface area contributed by atoms with Gasteiger partial charge in [-0.15, -0.1) is 0 Å². The van der Waals surface area contributed by atoms with Crippen LogP contribution in [0.3, 0.4) is 0 Å². The quantitative estimate of drug-likeness (QED) is 0.715. The zero-order chi connectivity index (χ0) is 17.2. The zero-order valence-corrected chi connectivity index (χ0v) is 13.4. The molecule has 0 bridgehead atoms. The second kappa shape index (κ2) is 6.46. The van der Waals surface area contributed by atoms with Crippen molar-refractivity contribution < 1.29 is 22.7 Å². The SMILES string of the molecule is O=C(O)C(Cc1ccccc1)NS(=O)(=O)c1cc2ccccc2o1. The summed E-state index contributed by atoms with van der Waals surface area (Å²) in [5.74, 6) is -1.25. The number of nitrogens with one attached hydrogen (secondary N) is 1. The summed E-state index contributed by atoms with van der Waals surface area (Å²) in [5, 5.41) is 9.66. The number of carboxylic acids is 1. The summed E-state index contributed by atoms with van der Waals surface area (Å²) in [5.41, 5.74) is 1.14. The molecule has 0 amide bonds. The number of aliphatic carboxylic acids is 1. The van der Waals surface area contributed by atoms with Crippen molar-refractivity contribution >= 4 is 27.0 Å². The Hall–Kier alpha value is -2.64. The highest BCUT2D eigenvalue weighted by molar-refractivity contribution is 7.89. The summed E-state index contributed by atoms with van der Waals surface area (Å²) in [6, 6.07) is 15.8. The predicted molar refractivity (Wildman–Crippen MR) is 88.1 cm³/mol. The zero-order valence-electron chi connectivity index (χ0n) is 12.5. The van der Waals surface area contributed by atoms with E-state index in [2.05, 4.69) is 4.72 Å². The third kappa shape index (κ3) is 3.47. The van der Waals surface area contributed by atoms with Crippen LogP contribution >= 0.6 is 0 Å². The smallest absolute Gasteiger partial charge is 0.322 e. The van der Waals surface area contributed by atoms with E-state index in [-0.39, 0.29) is 11.5 Å². The maximum absolute atomic E-state index is 12.4. The Kier molecular flexibility index (Phi) is 4.37. The van der Waals surface area contributed by atoms with Crippen LogP contribution < -0.4 is 4.72 Å². The molecular formula is C17H15NO5S. The number of fused-ring (bicyclic) bond motifs is 1. The van der Waals surface area contributed by atoms with Crippen molar-refractivity contribution in [3.05, 3.63) is 66.2 Å². The Morgan fingerprint density at radius 3 is 2.42 bits per heavy atom. The highest BCUT2D eigenvalue weighted by Gasteiger charge is 2.28. The van der Waals surface area contributed by atoms with Gasteiger partial charge in [-0.3, -0.25) is 4.79 Å². The van der Waals surface area contributed by atoms with Gasteiger partial charge in [0, 0.05) is 11.5 Å². The van der Waals surface area contributed by atoms with Gasteiger partial charge in [0.15, 0.2) is 0 Å². The standard InChI is InChI=1S/C17H15NO5S/c19-17(20)14(10-12-6-2-1-3-7-12)18-24(21,22)16-11-13-8-4-5-9-15(13)23-16/h1-9,11,14,18H,10H2,(H,19,20). The number of sulfonamides is 1. The fourth-order valence-electron chi connectivity index (χ4n) is 2.36. The number of furan rings is 1. The van der Waals surface area contributed by atoms with Crippen molar-refractivity contribution in [1.29, 1.82) is 0 Å². The molecule has 0 aliphatic carbocycles. The number of benzene rings is 2. The first-order valence-electron chi connectivity index (χ1n) is 7.23. The summed E-state index contributed by atoms with van der Waals surface area (Å²) in [6.45, 7) is 0. The largest absolute Gasteiger partial charge is 0.480 e. The van der Waals surface area contributed by atoms with Gasteiger partial charge in [0.2, 0.25) is 5.09 Å². The lowest BCUT2D eigenvalue weighted by molar-refractivity contribution is -0.138. The molecule has 24 heavy (non-hydrogen) atoms. The second-order valence-electron chi connectivity index (χ2n) is 5.31. The number of rotatable bonds is 6. The Morgan fingerprint density at radius 1 is 1.08 bits per heavy atom. The van der Waals surface area contributed by atoms with Crippen molar-refractivity contribution in [2.75, 3.05) is 0 Å². The molecule has 1 atom stereocenters. The number of para-hydroxylation sites is 1. The molecule has 3 rings (SSSR count). The Balaban J connectivity index is 1.86. The first kappa shape index (κ1) is 16.2. The molecule has 2 aromatic carbocycles. The van der Waals surface area contributed by atoms with Crippen molar-refractivity contribution in [1.82, 2.24) is 4.72 Å². The fourth-order valence-corrected chi connectivity index (χ4v) is 3.52. The number of carbonyl (C=O) groups is 1. The minimum absolute atomic E-state index is 0.0373. The predicted octanol–water partition coefficient (Wildman–Crippen LogP) is 2.41. The number of carboxylic acid groups (broad SMARTS) is 1. The fraction of sp³-hybridized carbons (Fsp3) is 0.118. The lowest BCUT2D eigenvalue weighted by Crippen LogP contribution is -2.42. The molecule has 0 aliphatic heterocycles. The Bertz CT molecular complexity index is 930. The molecule has 2 N–H and O–H groups in total. The normalized spacial score (nSPS) is 13.0. The van der Waals surface area contributed by atoms with E-state index in [4.69, 9.17) is 4.42 Å². The monoisotopic (exact) mass is 345 g/mol. The van der Waals surface area contributed by atoms with Gasteiger partial charge >= 0.3 is 5.97 Å². The minimum Gasteiger partial charge on any atom is -0.480 e. The summed E-state index contributed by atoms with van der Waals surface area (Å²) < 4.78 is 32.4. The van der Waals surface area contributed by atoms with E-state index in [1.165, 1.54) is 6.07 Å². The molecule has 124 valence electrons. The Labute approximate surface area is 138 Å². The van der Waals surface area contributed by atoms with Crippen molar-refractivity contribution in [2.24, 2.45) is 0 Å². The third-order valence-corrected chi connectivity index (χ3v) is 4.87. The first-order valence-corrected chi connectivity index (χ1v) is 8.72. The highest BCUT2D eigenvalue weighted by atomic mass is 32.2. The van der Waals surface area contributed by atoms with Crippen LogP contribution in [0, 0.1) is 0 Å². The van der Waals surface area contributed by atoms with Gasteiger partial charge in [-0.1, -0.05) is 48.5 Å². The topological polar surface area (TPSA) is 96.6 Å². The summed E-state index contributed by atoms with van der Waals surface area (Å²) >= 11 is 0. The van der Waals surface area contributed by atoms with E-state index < -0.39 is 22.0 Å². The van der Waals surface area contributed by atoms with Gasteiger partial charge in [0.25, 0.3) is 10.0 Å². The maximum Gasteiger partial charge on any atom is 0.322 e. The van der Waals surface area contributed by atoms with Gasteiger partial charge in [-0.05, 0) is 18.1 Å². The van der Waals surface area contributed by atoms with Gasteiger partial charge in [-0.2, -0.15) is 4.72 Å². The Morgan fingerprint density at radius 2 is 1.75 bits per heavy atom. The first-order chi connectivity index (χ1) is 11.5. The molecule has 0 fully saturated rings. The minimum atomic E-state index is -4.08. The third-order valence-electron chi connectivity index (χ3n) is 3.55. The van der Waals surface area contributed by atoms with Crippen LogP contribution in [0.15, 0.2) is 70.2 Å². The van der Waals surface area contributed by atoms with E-state index in [0.717, 1.165) is 5.56 Å². The maximum atomic E-state index is 12.4. The van der Waals surface area contributed by atoms with Crippen LogP contribution in [-0.4, -0.2) is 25.5 Å². The van der Waals surface area contributed by atoms with Gasteiger partial charge < -0.3 is 9.52 Å². The summed E-state index contributed by atoms with van der Waals surface area (Å²) in [6.07, 6.45) is 0.0373. The molecule has 1 heterocycles. The molecule has 1 unspecified atom stereocenters. The van der Waals surface area contributed by atoms with E-state index in [0.29, 0.717) is 11.0 Å². The van der Waals surface area contributed by atoms with Crippen LogP contribution in [-0.2, 0) is 21.2 Å². The number of hydrogen-bond donors (Lipinski definition) is 2. The van der Waals surface area contributed by atoms with E-state index >= 15 is 0 Å². The van der Waals surface area contributed by atoms with E-state index in [1.54, 1.807) is 54.6 Å². The second-order valence-corrected chi connectivity index (χ2v) is 6.95. The lowest BCUT2D eigenvalue weighted by atomic mass is 10.1. The molecule has 0 saturated carbocycles. The van der Waals surface area contributed by atoms with Crippen LogP contribution in [0.5, 0.6) is 0 Å². The summed E-state index contributed by atoms with van der Waals surface area (Å²) in [7, 11) is -4.08. The van der Waals surface area contributed by atoms with Gasteiger partial charge in [0.05, 0.1) is 0 Å². The molecular weight excluding hydrogens is 330 g/mol. The van der Waals surface area contributed by atoms with E-state index in [9.17, 15) is 18.3 Å². The van der Waals surface area contributed by atoms with Crippen LogP contribution in [0.2, 0.25) is 0 Å². The van der Waals surface area contributed by atoms with Gasteiger partial charge in [-0.25, -0.2) is 8.42 Å². The van der Waals surface area contributed by atoms with Crippen molar-refractivity contribution in [2.45, 2.75) is 17.6 Å². The molecule has 0 saturated heterocycles. The van der Waals surface area contributed by atoms with Crippen molar-refractivity contribution in [3.8, 4) is 0 Å². The van der Waals surface area contributed by atoms with E-state index in [1.807, 2.05) is 0 Å². The molecule has 3 aromatic rings. The highest BCUT2D eigenvalue weighted by Crippen LogP contribution is 2.22. The average Bonchev–Trinajstić information content (AvgIpc) is 3.00. The summed E-state index contributed by atoms with van der Waals surface area (Å²) in [4.78, 5) is 11.4. The molecule has 0 spiro atoms. The van der Waals surface area contributed by atoms with Crippen molar-refractivity contribution in [3.63, 3.8) is 0 Å². The van der Waals surface area contributed by atoms with Crippen LogP contribution in [0.1, 0.15) is 5.56 Å². The lowest BCUT2D eigenvalue weighted by Gasteiger charge is -2.13. The van der Waals surface area contributed by atoms with Crippen LogP contribution in [0.25, 0.3) is 11.0 Å². The molecule has 1 aromatic heterocycles. The molecule has 7 heteroatoms. The van der Waals surface area contributed by atoms with Gasteiger partial charge in [0.1, 0.15) is 11.6 Å². The number of hydrogen-bond acceptors (Lipinski definition) is 4. The molecule has 6 nitrogen and oxygen atoms in total. The average molecular weight is 345 g/mol.